The van der Waals surface area contributed by atoms with E-state index in [1.807, 2.05) is 0 Å². The molecule has 0 aliphatic heterocycles. The number of aromatic hydroxyl groups is 2. The first kappa shape index (κ1) is 20.6. The lowest BCUT2D eigenvalue weighted by molar-refractivity contribution is -0.123. The molecule has 0 bridgehead atoms. The topological polar surface area (TPSA) is 205 Å². The smallest absolute Gasteiger partial charge is 0.370 e. The van der Waals surface area contributed by atoms with Crippen molar-refractivity contribution in [1.82, 2.24) is 5.32 Å². The van der Waals surface area contributed by atoms with Crippen molar-refractivity contribution in [2.24, 2.45) is 0 Å². The van der Waals surface area contributed by atoms with Crippen LogP contribution in [0.3, 0.4) is 0 Å². The second kappa shape index (κ2) is 7.20. The van der Waals surface area contributed by atoms with Crippen LogP contribution in [0.15, 0.2) is 18.2 Å². The van der Waals surface area contributed by atoms with Crippen molar-refractivity contribution in [2.75, 3.05) is 6.54 Å². The summed E-state index contributed by atoms with van der Waals surface area (Å²) >= 11 is 0. The van der Waals surface area contributed by atoms with Gasteiger partial charge in [0.25, 0.3) is 5.08 Å². The van der Waals surface area contributed by atoms with Gasteiger partial charge < -0.3 is 40.2 Å². The molecule has 0 aromatic heterocycles. The number of carbonyl (C=O) groups excluding carboxylic acids is 1. The summed E-state index contributed by atoms with van der Waals surface area (Å²) in [4.78, 5) is 47.3. The number of carbonyl (C=O) groups is 1. The van der Waals surface area contributed by atoms with Gasteiger partial charge in [-0.25, -0.2) is 0 Å². The molecule has 8 N–H and O–H groups in total. The van der Waals surface area contributed by atoms with E-state index in [4.69, 9.17) is 24.7 Å². The summed E-state index contributed by atoms with van der Waals surface area (Å²) in [6.07, 6.45) is -1.35. The van der Waals surface area contributed by atoms with E-state index >= 15 is 0 Å². The van der Waals surface area contributed by atoms with E-state index in [-0.39, 0.29) is 24.5 Å². The molecule has 24 heavy (non-hydrogen) atoms. The van der Waals surface area contributed by atoms with Gasteiger partial charge in [0.2, 0.25) is 5.91 Å². The van der Waals surface area contributed by atoms with E-state index < -0.39 is 32.6 Å². The normalized spacial score (nSPS) is 12.9. The van der Waals surface area contributed by atoms with Gasteiger partial charge in [-0.15, -0.1) is 0 Å². The standard InChI is InChI=1S/C11H17NO10P2/c13-8-2-1-7(5-9(8)14)3-4-12-10(15)6-11(16,23(17,18)19)24(20,21)22/h1-2,5,13-14,16H,3-4,6H2,(H,12,15)(H2,17,18,19)(H2,20,21,22). The first-order chi connectivity index (χ1) is 10.8. The van der Waals surface area contributed by atoms with Crippen LogP contribution in [0.1, 0.15) is 12.0 Å². The minimum absolute atomic E-state index is 0.110. The first-order valence-electron chi connectivity index (χ1n) is 6.39. The van der Waals surface area contributed by atoms with Gasteiger partial charge in [-0.1, -0.05) is 6.07 Å². The lowest BCUT2D eigenvalue weighted by Gasteiger charge is -2.28. The van der Waals surface area contributed by atoms with Gasteiger partial charge in [-0.05, 0) is 24.1 Å². The minimum atomic E-state index is -5.69. The maximum Gasteiger partial charge on any atom is 0.370 e. The van der Waals surface area contributed by atoms with Gasteiger partial charge in [0.1, 0.15) is 0 Å². The molecule has 0 aliphatic carbocycles. The number of hydrogen-bond donors (Lipinski definition) is 8. The average Bonchev–Trinajstić information content (AvgIpc) is 2.40. The van der Waals surface area contributed by atoms with Crippen molar-refractivity contribution < 1.29 is 48.8 Å². The predicted molar refractivity (Wildman–Crippen MR) is 80.1 cm³/mol. The maximum atomic E-state index is 11.6. The molecule has 1 amide bonds. The highest BCUT2D eigenvalue weighted by molar-refractivity contribution is 7.72. The zero-order valence-electron chi connectivity index (χ0n) is 12.1. The largest absolute Gasteiger partial charge is 0.504 e. The zero-order valence-corrected chi connectivity index (χ0v) is 13.9. The van der Waals surface area contributed by atoms with E-state index in [0.717, 1.165) is 0 Å². The average molecular weight is 385 g/mol. The van der Waals surface area contributed by atoms with Crippen LogP contribution < -0.4 is 5.32 Å². The van der Waals surface area contributed by atoms with Crippen LogP contribution in [-0.2, 0) is 20.3 Å². The molecule has 0 unspecified atom stereocenters. The van der Waals surface area contributed by atoms with Gasteiger partial charge in [-0.3, -0.25) is 13.9 Å². The molecule has 0 aliphatic rings. The molecule has 1 rings (SSSR count). The summed E-state index contributed by atoms with van der Waals surface area (Å²) < 4.78 is 22.2. The Morgan fingerprint density at radius 3 is 2.04 bits per heavy atom. The Bertz CT molecular complexity index is 687. The Labute approximate surface area is 135 Å². The molecule has 0 saturated heterocycles. The van der Waals surface area contributed by atoms with Crippen LogP contribution in [0.5, 0.6) is 11.5 Å². The summed E-state index contributed by atoms with van der Waals surface area (Å²) in [6.45, 7) is -0.110. The number of aliphatic hydroxyl groups is 1. The monoisotopic (exact) mass is 385 g/mol. The first-order valence-corrected chi connectivity index (χ1v) is 9.61. The third-order valence-electron chi connectivity index (χ3n) is 3.11. The van der Waals surface area contributed by atoms with Crippen molar-refractivity contribution >= 4 is 21.1 Å². The van der Waals surface area contributed by atoms with Crippen LogP contribution in [0.4, 0.5) is 0 Å². The predicted octanol–water partition coefficient (Wildman–Crippen LogP) is -0.852. The highest BCUT2D eigenvalue weighted by Gasteiger charge is 2.60. The number of amides is 1. The lowest BCUT2D eigenvalue weighted by Crippen LogP contribution is -2.37. The van der Waals surface area contributed by atoms with Gasteiger partial charge in [0, 0.05) is 6.54 Å². The van der Waals surface area contributed by atoms with Gasteiger partial charge in [0.15, 0.2) is 11.5 Å². The highest BCUT2D eigenvalue weighted by atomic mass is 31.2. The maximum absolute atomic E-state index is 11.6. The molecular weight excluding hydrogens is 368 g/mol. The zero-order chi connectivity index (χ0) is 18.8. The Morgan fingerprint density at radius 1 is 1.04 bits per heavy atom. The third-order valence-corrected chi connectivity index (χ3v) is 6.85. The third kappa shape index (κ3) is 4.78. The van der Waals surface area contributed by atoms with Crippen molar-refractivity contribution in [3.63, 3.8) is 0 Å². The van der Waals surface area contributed by atoms with E-state index in [1.54, 1.807) is 0 Å². The summed E-state index contributed by atoms with van der Waals surface area (Å²) in [5, 5.41) is 26.4. The molecule has 0 fully saturated rings. The quantitative estimate of drug-likeness (QED) is 0.215. The number of rotatable bonds is 7. The summed E-state index contributed by atoms with van der Waals surface area (Å²) in [5.74, 6) is -1.90. The summed E-state index contributed by atoms with van der Waals surface area (Å²) in [5.41, 5.74) is 0.505. The molecule has 136 valence electrons. The molecule has 0 saturated carbocycles. The molecular formula is C11H17NO10P2. The molecule has 1 aromatic rings. The van der Waals surface area contributed by atoms with Crippen LogP contribution in [0, 0.1) is 0 Å². The molecule has 0 radical (unpaired) electrons. The fourth-order valence-electron chi connectivity index (χ4n) is 1.72. The summed E-state index contributed by atoms with van der Waals surface area (Å²) in [7, 11) is -11.4. The van der Waals surface area contributed by atoms with Crippen LogP contribution >= 0.6 is 15.2 Å². The van der Waals surface area contributed by atoms with Gasteiger partial charge in [0.05, 0.1) is 6.42 Å². The number of phenolic OH excluding ortho intramolecular Hbond substituents is 2. The molecule has 1 aromatic carbocycles. The van der Waals surface area contributed by atoms with E-state index in [9.17, 15) is 24.1 Å². The SMILES string of the molecule is O=C(CC(O)(P(=O)(O)O)P(=O)(O)O)NCCc1ccc(O)c(O)c1. The highest BCUT2D eigenvalue weighted by Crippen LogP contribution is 2.68. The fourth-order valence-corrected chi connectivity index (χ4v) is 3.78. The Morgan fingerprint density at radius 2 is 1.58 bits per heavy atom. The van der Waals surface area contributed by atoms with Gasteiger partial charge in [-0.2, -0.15) is 0 Å². The molecule has 0 spiro atoms. The fraction of sp³-hybridized carbons (Fsp3) is 0.364. The second-order valence-electron chi connectivity index (χ2n) is 4.96. The van der Waals surface area contributed by atoms with Crippen molar-refractivity contribution in [1.29, 1.82) is 0 Å². The van der Waals surface area contributed by atoms with E-state index in [2.05, 4.69) is 5.32 Å². The van der Waals surface area contributed by atoms with Crippen molar-refractivity contribution in [3.8, 4) is 11.5 Å². The van der Waals surface area contributed by atoms with Gasteiger partial charge >= 0.3 is 15.2 Å². The van der Waals surface area contributed by atoms with Crippen molar-refractivity contribution in [3.05, 3.63) is 23.8 Å². The summed E-state index contributed by atoms with van der Waals surface area (Å²) in [6, 6.07) is 3.89. The molecule has 0 heterocycles. The number of hydrogen-bond acceptors (Lipinski definition) is 6. The Hall–Kier alpha value is -1.45. The second-order valence-corrected chi connectivity index (χ2v) is 8.97. The Balaban J connectivity index is 2.69. The molecule has 0 atom stereocenters. The Kier molecular flexibility index (Phi) is 6.18. The van der Waals surface area contributed by atoms with Crippen LogP contribution in [0.25, 0.3) is 0 Å². The van der Waals surface area contributed by atoms with E-state index in [0.29, 0.717) is 5.56 Å². The number of benzene rings is 1. The van der Waals surface area contributed by atoms with E-state index in [1.165, 1.54) is 18.2 Å². The number of phenols is 2. The van der Waals surface area contributed by atoms with Crippen LogP contribution in [0.2, 0.25) is 0 Å². The van der Waals surface area contributed by atoms with Crippen LogP contribution in [-0.4, -0.2) is 52.4 Å². The van der Waals surface area contributed by atoms with Crippen molar-refractivity contribution in [2.45, 2.75) is 17.9 Å². The lowest BCUT2D eigenvalue weighted by atomic mass is 10.1. The minimum Gasteiger partial charge on any atom is -0.504 e. The molecule has 11 nitrogen and oxygen atoms in total. The number of nitrogens with one attached hydrogen (secondary N) is 1. The molecule has 13 heteroatoms.